The van der Waals surface area contributed by atoms with E-state index in [1.807, 2.05) is 0 Å². The zero-order chi connectivity index (χ0) is 13.2. The molecule has 0 fully saturated rings. The molecule has 0 amide bonds. The van der Waals surface area contributed by atoms with Crippen molar-refractivity contribution in [1.82, 2.24) is 0 Å². The number of hydrogen-bond donors (Lipinski definition) is 1. The molecule has 2 aromatic carbocycles. The van der Waals surface area contributed by atoms with Crippen LogP contribution >= 0.6 is 15.9 Å². The minimum absolute atomic E-state index is 0.585. The average molecular weight is 317 g/mol. The Balaban J connectivity index is 1.89. The molecular formula is C16H17BrN2. The van der Waals surface area contributed by atoms with Crippen LogP contribution in [0.3, 0.4) is 0 Å². The number of hydrogen-bond acceptors (Lipinski definition) is 2. The van der Waals surface area contributed by atoms with Crippen LogP contribution in [0.4, 0.5) is 5.69 Å². The van der Waals surface area contributed by atoms with Crippen molar-refractivity contribution >= 4 is 21.6 Å². The van der Waals surface area contributed by atoms with Crippen molar-refractivity contribution in [1.29, 1.82) is 0 Å². The van der Waals surface area contributed by atoms with Gasteiger partial charge in [-0.15, -0.1) is 0 Å². The Kier molecular flexibility index (Phi) is 3.58. The molecule has 1 aliphatic heterocycles. The molecule has 0 unspecified atom stereocenters. The van der Waals surface area contributed by atoms with E-state index in [1.165, 1.54) is 16.8 Å². The van der Waals surface area contributed by atoms with E-state index in [1.54, 1.807) is 0 Å². The second-order valence-electron chi connectivity index (χ2n) is 4.93. The van der Waals surface area contributed by atoms with E-state index < -0.39 is 0 Å². The molecule has 0 atom stereocenters. The normalized spacial score (nSPS) is 14.3. The van der Waals surface area contributed by atoms with E-state index in [4.69, 9.17) is 5.73 Å². The van der Waals surface area contributed by atoms with Crippen molar-refractivity contribution in [3.8, 4) is 0 Å². The highest BCUT2D eigenvalue weighted by atomic mass is 79.9. The Morgan fingerprint density at radius 2 is 1.89 bits per heavy atom. The third-order valence-corrected chi connectivity index (χ3v) is 4.35. The van der Waals surface area contributed by atoms with Crippen LogP contribution in [0.15, 0.2) is 46.9 Å². The molecule has 19 heavy (non-hydrogen) atoms. The molecule has 98 valence electrons. The van der Waals surface area contributed by atoms with Crippen LogP contribution in [0.2, 0.25) is 0 Å². The van der Waals surface area contributed by atoms with Gasteiger partial charge in [-0.3, -0.25) is 0 Å². The van der Waals surface area contributed by atoms with Crippen molar-refractivity contribution in [3.05, 3.63) is 63.6 Å². The van der Waals surface area contributed by atoms with Crippen molar-refractivity contribution in [3.63, 3.8) is 0 Å². The molecule has 0 spiro atoms. The lowest BCUT2D eigenvalue weighted by Crippen LogP contribution is -2.30. The number of nitrogens with zero attached hydrogens (tertiary/aromatic N) is 1. The molecule has 3 rings (SSSR count). The number of rotatable bonds is 2. The number of nitrogens with two attached hydrogens (primary N) is 1. The molecule has 0 saturated heterocycles. The van der Waals surface area contributed by atoms with Crippen LogP contribution in [0, 0.1) is 0 Å². The molecule has 1 heterocycles. The van der Waals surface area contributed by atoms with Crippen LogP contribution in [-0.4, -0.2) is 6.54 Å². The van der Waals surface area contributed by atoms with Crippen LogP contribution in [0.25, 0.3) is 0 Å². The number of benzene rings is 2. The summed E-state index contributed by atoms with van der Waals surface area (Å²) in [6.45, 7) is 2.63. The molecule has 2 N–H and O–H groups in total. The molecule has 2 nitrogen and oxygen atoms in total. The smallest absolute Gasteiger partial charge is 0.0513 e. The van der Waals surface area contributed by atoms with Crippen molar-refractivity contribution in [2.75, 3.05) is 11.4 Å². The molecule has 1 aliphatic rings. The lowest BCUT2D eigenvalue weighted by atomic mass is 9.99. The fourth-order valence-electron chi connectivity index (χ4n) is 2.64. The topological polar surface area (TPSA) is 29.3 Å². The summed E-state index contributed by atoms with van der Waals surface area (Å²) in [6, 6.07) is 15.1. The first-order chi connectivity index (χ1) is 9.28. The van der Waals surface area contributed by atoms with Gasteiger partial charge < -0.3 is 10.6 Å². The lowest BCUT2D eigenvalue weighted by Gasteiger charge is -2.31. The third-order valence-electron chi connectivity index (χ3n) is 3.72. The van der Waals surface area contributed by atoms with E-state index in [2.05, 4.69) is 63.3 Å². The van der Waals surface area contributed by atoms with Gasteiger partial charge in [0.15, 0.2) is 0 Å². The maximum atomic E-state index is 5.68. The summed E-state index contributed by atoms with van der Waals surface area (Å²) in [5.74, 6) is 0. The summed E-state index contributed by atoms with van der Waals surface area (Å²) in [5.41, 5.74) is 11.0. The first-order valence-electron chi connectivity index (χ1n) is 6.58. The monoisotopic (exact) mass is 316 g/mol. The summed E-state index contributed by atoms with van der Waals surface area (Å²) < 4.78 is 1.13. The van der Waals surface area contributed by atoms with E-state index in [9.17, 15) is 0 Å². The summed E-state index contributed by atoms with van der Waals surface area (Å²) >= 11 is 3.67. The van der Waals surface area contributed by atoms with Gasteiger partial charge in [0.05, 0.1) is 5.69 Å². The van der Waals surface area contributed by atoms with Gasteiger partial charge in [0.2, 0.25) is 0 Å². The van der Waals surface area contributed by atoms with Gasteiger partial charge in [-0.2, -0.15) is 0 Å². The predicted molar refractivity (Wildman–Crippen MR) is 83.2 cm³/mol. The Hall–Kier alpha value is -1.32. The molecule has 0 aliphatic carbocycles. The quantitative estimate of drug-likeness (QED) is 0.919. The third kappa shape index (κ3) is 2.53. The maximum Gasteiger partial charge on any atom is 0.0513 e. The molecule has 0 radical (unpaired) electrons. The highest BCUT2D eigenvalue weighted by Gasteiger charge is 2.17. The molecule has 0 saturated carbocycles. The van der Waals surface area contributed by atoms with Crippen LogP contribution in [0.5, 0.6) is 0 Å². The summed E-state index contributed by atoms with van der Waals surface area (Å²) in [7, 11) is 0. The zero-order valence-corrected chi connectivity index (χ0v) is 12.4. The highest BCUT2D eigenvalue weighted by molar-refractivity contribution is 9.10. The highest BCUT2D eigenvalue weighted by Crippen LogP contribution is 2.31. The fourth-order valence-corrected chi connectivity index (χ4v) is 3.31. The standard InChI is InChI=1S/C16H17BrN2/c17-15-9-12(10-18)5-6-16(15)19-8-7-13-3-1-2-4-14(13)11-19/h1-6,9H,7-8,10-11,18H2. The van der Waals surface area contributed by atoms with Gasteiger partial charge in [0.1, 0.15) is 0 Å². The summed E-state index contributed by atoms with van der Waals surface area (Å²) in [4.78, 5) is 2.42. The largest absolute Gasteiger partial charge is 0.366 e. The van der Waals surface area contributed by atoms with E-state index in [-0.39, 0.29) is 0 Å². The summed E-state index contributed by atoms with van der Waals surface area (Å²) in [6.07, 6.45) is 1.11. The van der Waals surface area contributed by atoms with Crippen molar-refractivity contribution < 1.29 is 0 Å². The van der Waals surface area contributed by atoms with Gasteiger partial charge in [-0.1, -0.05) is 30.3 Å². The van der Waals surface area contributed by atoms with Gasteiger partial charge in [-0.25, -0.2) is 0 Å². The lowest BCUT2D eigenvalue weighted by molar-refractivity contribution is 0.730. The Morgan fingerprint density at radius 3 is 2.63 bits per heavy atom. The van der Waals surface area contributed by atoms with Crippen LogP contribution in [0.1, 0.15) is 16.7 Å². The van der Waals surface area contributed by atoms with E-state index >= 15 is 0 Å². The zero-order valence-electron chi connectivity index (χ0n) is 10.8. The second kappa shape index (κ2) is 5.35. The van der Waals surface area contributed by atoms with Gasteiger partial charge in [-0.05, 0) is 51.2 Å². The van der Waals surface area contributed by atoms with Crippen LogP contribution < -0.4 is 10.6 Å². The van der Waals surface area contributed by atoms with Gasteiger partial charge >= 0.3 is 0 Å². The van der Waals surface area contributed by atoms with E-state index in [0.29, 0.717) is 6.54 Å². The first kappa shape index (κ1) is 12.7. The van der Waals surface area contributed by atoms with Gasteiger partial charge in [0, 0.05) is 24.1 Å². The van der Waals surface area contributed by atoms with Crippen LogP contribution in [-0.2, 0) is 19.5 Å². The number of fused-ring (bicyclic) bond motifs is 1. The molecule has 2 aromatic rings. The minimum Gasteiger partial charge on any atom is -0.366 e. The maximum absolute atomic E-state index is 5.68. The number of anilines is 1. The van der Waals surface area contributed by atoms with E-state index in [0.717, 1.165) is 29.5 Å². The molecule has 0 aromatic heterocycles. The molecular weight excluding hydrogens is 300 g/mol. The Labute approximate surface area is 122 Å². The van der Waals surface area contributed by atoms with Gasteiger partial charge in [0.25, 0.3) is 0 Å². The average Bonchev–Trinajstić information content (AvgIpc) is 2.46. The molecule has 3 heteroatoms. The first-order valence-corrected chi connectivity index (χ1v) is 7.37. The second-order valence-corrected chi connectivity index (χ2v) is 5.78. The SMILES string of the molecule is NCc1ccc(N2CCc3ccccc3C2)c(Br)c1. The van der Waals surface area contributed by atoms with Crippen molar-refractivity contribution in [2.24, 2.45) is 5.73 Å². The molecule has 0 bridgehead atoms. The Bertz CT molecular complexity index is 595. The minimum atomic E-state index is 0.585. The number of halogens is 1. The summed E-state index contributed by atoms with van der Waals surface area (Å²) in [5, 5.41) is 0. The Morgan fingerprint density at radius 1 is 1.11 bits per heavy atom. The predicted octanol–water partition coefficient (Wildman–Crippen LogP) is 3.47. The fraction of sp³-hybridized carbons (Fsp3) is 0.250. The van der Waals surface area contributed by atoms with Crippen molar-refractivity contribution in [2.45, 2.75) is 19.5 Å².